The maximum atomic E-state index is 12.4. The minimum Gasteiger partial charge on any atom is -0.354 e. The van der Waals surface area contributed by atoms with Crippen molar-refractivity contribution >= 4 is 16.9 Å². The maximum absolute atomic E-state index is 12.4. The van der Waals surface area contributed by atoms with Gasteiger partial charge in [0.05, 0.1) is 12.5 Å². The molecule has 1 atom stereocenters. The summed E-state index contributed by atoms with van der Waals surface area (Å²) < 4.78 is 3.04. The highest BCUT2D eigenvalue weighted by molar-refractivity contribution is 5.76. The zero-order valence-corrected chi connectivity index (χ0v) is 14.9. The highest BCUT2D eigenvalue weighted by atomic mass is 16.2. The van der Waals surface area contributed by atoms with Crippen LogP contribution < -0.4 is 10.9 Å². The molecule has 2 aromatic heterocycles. The zero-order valence-electron chi connectivity index (χ0n) is 14.9. The lowest BCUT2D eigenvalue weighted by atomic mass is 10.2. The molecule has 0 aromatic carbocycles. The number of amides is 1. The van der Waals surface area contributed by atoms with Crippen LogP contribution in [0, 0.1) is 0 Å². The first kappa shape index (κ1) is 17.6. The molecule has 25 heavy (non-hydrogen) atoms. The third kappa shape index (κ3) is 3.89. The van der Waals surface area contributed by atoms with Gasteiger partial charge in [-0.2, -0.15) is 5.10 Å². The molecule has 0 bridgehead atoms. The molecular formula is C17H26N6O2. The van der Waals surface area contributed by atoms with E-state index in [9.17, 15) is 9.59 Å². The van der Waals surface area contributed by atoms with Crippen molar-refractivity contribution in [1.29, 1.82) is 0 Å². The van der Waals surface area contributed by atoms with Crippen molar-refractivity contribution in [3.05, 3.63) is 22.9 Å². The topological polar surface area (TPSA) is 85.0 Å². The number of rotatable bonds is 7. The maximum Gasteiger partial charge on any atom is 0.264 e. The molecule has 1 aliphatic heterocycles. The largest absolute Gasteiger partial charge is 0.354 e. The van der Waals surface area contributed by atoms with E-state index in [1.54, 1.807) is 11.7 Å². The van der Waals surface area contributed by atoms with Gasteiger partial charge < -0.3 is 5.32 Å². The van der Waals surface area contributed by atoms with Crippen molar-refractivity contribution in [2.75, 3.05) is 19.6 Å². The summed E-state index contributed by atoms with van der Waals surface area (Å²) in [6, 6.07) is 0.405. The lowest BCUT2D eigenvalue weighted by molar-refractivity contribution is -0.121. The van der Waals surface area contributed by atoms with Gasteiger partial charge in [0.2, 0.25) is 5.91 Å². The second kappa shape index (κ2) is 7.77. The Bertz CT molecular complexity index is 790. The first-order valence-corrected chi connectivity index (χ1v) is 8.98. The van der Waals surface area contributed by atoms with Gasteiger partial charge in [0.1, 0.15) is 5.39 Å². The fourth-order valence-corrected chi connectivity index (χ4v) is 3.41. The number of carbonyl (C=O) groups is 1. The van der Waals surface area contributed by atoms with E-state index in [-0.39, 0.29) is 17.9 Å². The molecule has 1 saturated heterocycles. The minimum atomic E-state index is -0.158. The van der Waals surface area contributed by atoms with Crippen LogP contribution in [0.15, 0.2) is 17.3 Å². The Morgan fingerprint density at radius 3 is 2.84 bits per heavy atom. The van der Waals surface area contributed by atoms with Gasteiger partial charge in [0.25, 0.3) is 5.56 Å². The number of likely N-dealkylation sites (tertiary alicyclic amines) is 1. The predicted octanol–water partition coefficient (Wildman–Crippen LogP) is 0.511. The standard InChI is InChI=1S/C17H26N6O2/c1-3-13(22-7-4-5-8-22)10-18-15(24)6-9-23-12-19-16-14(17(23)25)11-20-21(16)2/h11-13H,3-10H2,1-2H3,(H,18,24). The van der Waals surface area contributed by atoms with E-state index in [1.807, 2.05) is 0 Å². The predicted molar refractivity (Wildman–Crippen MR) is 95.3 cm³/mol. The molecule has 1 aliphatic rings. The van der Waals surface area contributed by atoms with Crippen LogP contribution in [0.4, 0.5) is 0 Å². The van der Waals surface area contributed by atoms with Crippen molar-refractivity contribution in [3.63, 3.8) is 0 Å². The van der Waals surface area contributed by atoms with Gasteiger partial charge in [0, 0.05) is 32.6 Å². The summed E-state index contributed by atoms with van der Waals surface area (Å²) >= 11 is 0. The van der Waals surface area contributed by atoms with Crippen LogP contribution in [0.5, 0.6) is 0 Å². The molecule has 136 valence electrons. The number of carbonyl (C=O) groups excluding carboxylic acids is 1. The number of nitrogens with one attached hydrogen (secondary N) is 1. The molecular weight excluding hydrogens is 320 g/mol. The molecule has 2 aromatic rings. The van der Waals surface area contributed by atoms with Gasteiger partial charge in [-0.15, -0.1) is 0 Å². The van der Waals surface area contributed by atoms with Gasteiger partial charge in [-0.05, 0) is 32.4 Å². The Kier molecular flexibility index (Phi) is 5.47. The smallest absolute Gasteiger partial charge is 0.264 e. The normalized spacial score (nSPS) is 16.4. The molecule has 0 saturated carbocycles. The van der Waals surface area contributed by atoms with E-state index >= 15 is 0 Å². The second-order valence-electron chi connectivity index (χ2n) is 6.61. The van der Waals surface area contributed by atoms with Crippen LogP contribution in [0.3, 0.4) is 0 Å². The van der Waals surface area contributed by atoms with Crippen LogP contribution in [0.2, 0.25) is 0 Å². The van der Waals surface area contributed by atoms with E-state index in [4.69, 9.17) is 0 Å². The average molecular weight is 346 g/mol. The van der Waals surface area contributed by atoms with Crippen molar-refractivity contribution < 1.29 is 4.79 Å². The molecule has 1 unspecified atom stereocenters. The molecule has 3 heterocycles. The monoisotopic (exact) mass is 346 g/mol. The van der Waals surface area contributed by atoms with E-state index in [1.165, 1.54) is 29.9 Å². The van der Waals surface area contributed by atoms with Crippen LogP contribution in [0.1, 0.15) is 32.6 Å². The number of hydrogen-bond donors (Lipinski definition) is 1. The summed E-state index contributed by atoms with van der Waals surface area (Å²) in [5.74, 6) is -0.0316. The van der Waals surface area contributed by atoms with Gasteiger partial charge in [-0.1, -0.05) is 6.92 Å². The molecule has 0 aliphatic carbocycles. The third-order valence-electron chi connectivity index (χ3n) is 4.96. The molecule has 0 spiro atoms. The molecule has 1 N–H and O–H groups in total. The summed E-state index contributed by atoms with van der Waals surface area (Å²) in [4.78, 5) is 31.2. The highest BCUT2D eigenvalue weighted by Gasteiger charge is 2.20. The summed E-state index contributed by atoms with van der Waals surface area (Å²) in [6.45, 7) is 5.40. The molecule has 8 heteroatoms. The number of aromatic nitrogens is 4. The number of hydrogen-bond acceptors (Lipinski definition) is 5. The Labute approximate surface area is 146 Å². The first-order chi connectivity index (χ1) is 12.1. The summed E-state index contributed by atoms with van der Waals surface area (Å²) in [5.41, 5.74) is 0.400. The Morgan fingerprint density at radius 2 is 2.12 bits per heavy atom. The summed E-state index contributed by atoms with van der Waals surface area (Å²) in [6.07, 6.45) is 6.79. The van der Waals surface area contributed by atoms with E-state index in [0.29, 0.717) is 30.2 Å². The SMILES string of the molecule is CCC(CNC(=O)CCn1cnc2c(cnn2C)c1=O)N1CCCC1. The summed E-state index contributed by atoms with van der Waals surface area (Å²) in [7, 11) is 1.75. The minimum absolute atomic E-state index is 0.0316. The Balaban J connectivity index is 1.53. The molecule has 8 nitrogen and oxygen atoms in total. The third-order valence-corrected chi connectivity index (χ3v) is 4.96. The zero-order chi connectivity index (χ0) is 17.8. The van der Waals surface area contributed by atoms with E-state index in [0.717, 1.165) is 19.5 Å². The molecule has 3 rings (SSSR count). The summed E-state index contributed by atoms with van der Waals surface area (Å²) in [5, 5.41) is 7.53. The van der Waals surface area contributed by atoms with Gasteiger partial charge in [-0.25, -0.2) is 4.98 Å². The van der Waals surface area contributed by atoms with E-state index in [2.05, 4.69) is 27.2 Å². The first-order valence-electron chi connectivity index (χ1n) is 8.98. The number of fused-ring (bicyclic) bond motifs is 1. The van der Waals surface area contributed by atoms with Crippen molar-refractivity contribution in [1.82, 2.24) is 29.5 Å². The lowest BCUT2D eigenvalue weighted by Crippen LogP contribution is -2.42. The van der Waals surface area contributed by atoms with Crippen molar-refractivity contribution in [2.24, 2.45) is 7.05 Å². The van der Waals surface area contributed by atoms with Crippen LogP contribution in [0.25, 0.3) is 11.0 Å². The highest BCUT2D eigenvalue weighted by Crippen LogP contribution is 2.13. The Morgan fingerprint density at radius 1 is 1.36 bits per heavy atom. The molecule has 0 radical (unpaired) electrons. The average Bonchev–Trinajstić information content (AvgIpc) is 3.26. The quantitative estimate of drug-likeness (QED) is 0.790. The fourth-order valence-electron chi connectivity index (χ4n) is 3.41. The van der Waals surface area contributed by atoms with Crippen LogP contribution in [-0.4, -0.2) is 55.8 Å². The lowest BCUT2D eigenvalue weighted by Gasteiger charge is -2.26. The van der Waals surface area contributed by atoms with Gasteiger partial charge in [0.15, 0.2) is 5.65 Å². The van der Waals surface area contributed by atoms with Gasteiger partial charge >= 0.3 is 0 Å². The van der Waals surface area contributed by atoms with Crippen molar-refractivity contribution in [2.45, 2.75) is 45.2 Å². The van der Waals surface area contributed by atoms with E-state index < -0.39 is 0 Å². The van der Waals surface area contributed by atoms with Crippen molar-refractivity contribution in [3.8, 4) is 0 Å². The Hall–Kier alpha value is -2.22. The van der Waals surface area contributed by atoms with Crippen LogP contribution in [-0.2, 0) is 18.4 Å². The fraction of sp³-hybridized carbons (Fsp3) is 0.647. The molecule has 1 fully saturated rings. The molecule has 1 amide bonds. The number of aryl methyl sites for hydroxylation is 2. The second-order valence-corrected chi connectivity index (χ2v) is 6.61. The van der Waals surface area contributed by atoms with Gasteiger partial charge in [-0.3, -0.25) is 23.7 Å². The number of nitrogens with zero attached hydrogens (tertiary/aromatic N) is 5. The van der Waals surface area contributed by atoms with Crippen LogP contribution >= 0.6 is 0 Å².